The van der Waals surface area contributed by atoms with Crippen molar-refractivity contribution in [2.24, 2.45) is 0 Å². The zero-order valence-corrected chi connectivity index (χ0v) is 17.4. The second kappa shape index (κ2) is 13.1. The van der Waals surface area contributed by atoms with Gasteiger partial charge in [-0.3, -0.25) is 4.79 Å². The number of hydrogen-bond acceptors (Lipinski definition) is 3. The van der Waals surface area contributed by atoms with Crippen LogP contribution >= 0.6 is 45.2 Å². The highest BCUT2D eigenvalue weighted by molar-refractivity contribution is 14.1. The molecule has 0 aliphatic rings. The molecule has 0 saturated heterocycles. The number of nitrogens with one attached hydrogen (secondary N) is 1. The van der Waals surface area contributed by atoms with Gasteiger partial charge in [-0.15, -0.1) is 0 Å². The minimum absolute atomic E-state index is 0.0302. The summed E-state index contributed by atoms with van der Waals surface area (Å²) < 4.78 is 64.0. The zero-order valence-electron chi connectivity index (χ0n) is 22.1. The van der Waals surface area contributed by atoms with Crippen LogP contribution in [0, 0.1) is 7.14 Å². The monoisotopic (exact) mass is 577 g/mol. The predicted octanol–water partition coefficient (Wildman–Crippen LogP) is 3.82. The highest BCUT2D eigenvalue weighted by atomic mass is 127. The van der Waals surface area contributed by atoms with Crippen molar-refractivity contribution in [1.82, 2.24) is 10.2 Å². The van der Waals surface area contributed by atoms with Crippen LogP contribution in [-0.4, -0.2) is 49.9 Å². The Kier molecular flexibility index (Phi) is 6.39. The van der Waals surface area contributed by atoms with Crippen molar-refractivity contribution in [2.75, 3.05) is 28.0 Å². The summed E-state index contributed by atoms with van der Waals surface area (Å²) in [6.45, 7) is -7.98. The normalized spacial score (nSPS) is 15.9. The van der Waals surface area contributed by atoms with Crippen molar-refractivity contribution in [3.63, 3.8) is 0 Å². The average molecular weight is 577 g/mol. The van der Waals surface area contributed by atoms with Crippen LogP contribution in [-0.2, 0) is 0 Å². The minimum Gasteiger partial charge on any atom is -0.478 e. The predicted molar refractivity (Wildman–Crippen MR) is 118 cm³/mol. The van der Waals surface area contributed by atoms with E-state index >= 15 is 0 Å². The summed E-state index contributed by atoms with van der Waals surface area (Å²) in [5, 5.41) is 10.6. The molecule has 0 bridgehead atoms. The summed E-state index contributed by atoms with van der Waals surface area (Å²) in [4.78, 5) is 22.2. The maximum atomic E-state index is 12.0. The van der Waals surface area contributed by atoms with Gasteiger partial charge in [0.25, 0.3) is 5.91 Å². The Balaban J connectivity index is 0.000000568. The molecule has 2 aromatic carbocycles. The molecule has 0 unspecified atom stereocenters. The number of nitrogens with zero attached hydrogens (tertiary/aromatic N) is 1. The molecule has 2 aromatic rings. The first kappa shape index (κ1) is 12.2. The van der Waals surface area contributed by atoms with Crippen LogP contribution in [0.1, 0.15) is 33.1 Å². The van der Waals surface area contributed by atoms with Crippen molar-refractivity contribution in [1.29, 1.82) is 0 Å². The summed E-state index contributed by atoms with van der Waals surface area (Å²) in [5.41, 5.74) is 0.364. The summed E-state index contributed by atoms with van der Waals surface area (Å²) in [6.07, 6.45) is 0. The van der Waals surface area contributed by atoms with Crippen LogP contribution in [0.4, 0.5) is 0 Å². The zero-order chi connectivity index (χ0) is 26.9. The molecular formula is C18H22I2N2O3. The number of aromatic carboxylic acids is 1. The molecule has 5 nitrogen and oxygen atoms in total. The molecule has 0 aromatic heterocycles. The van der Waals surface area contributed by atoms with Gasteiger partial charge in [0.15, 0.2) is 0 Å². The maximum absolute atomic E-state index is 12.0. The lowest BCUT2D eigenvalue weighted by Crippen LogP contribution is -2.21. The molecule has 0 aliphatic heterocycles. The quantitative estimate of drug-likeness (QED) is 0.533. The molecule has 0 fully saturated rings. The smallest absolute Gasteiger partial charge is 0.335 e. The van der Waals surface area contributed by atoms with Gasteiger partial charge in [-0.1, -0.05) is 0 Å². The molecule has 7 heteroatoms. The Morgan fingerprint density at radius 1 is 0.960 bits per heavy atom. The number of benzene rings is 2. The van der Waals surface area contributed by atoms with E-state index in [1.807, 2.05) is 22.6 Å². The Bertz CT molecular complexity index is 916. The van der Waals surface area contributed by atoms with Crippen molar-refractivity contribution >= 4 is 57.1 Å². The number of hydrogen-bond donors (Lipinski definition) is 2. The van der Waals surface area contributed by atoms with E-state index in [4.69, 9.17) is 17.4 Å². The molecule has 0 aliphatic carbocycles. The van der Waals surface area contributed by atoms with E-state index in [2.05, 4.69) is 27.9 Å². The van der Waals surface area contributed by atoms with E-state index in [-0.39, 0.29) is 10.5 Å². The van der Waals surface area contributed by atoms with E-state index < -0.39 is 32.8 Å². The lowest BCUT2D eigenvalue weighted by Gasteiger charge is -2.09. The molecule has 0 saturated carbocycles. The highest BCUT2D eigenvalue weighted by Gasteiger charge is 2.05. The first-order valence-electron chi connectivity index (χ1n) is 11.1. The van der Waals surface area contributed by atoms with E-state index in [1.165, 1.54) is 19.2 Å². The van der Waals surface area contributed by atoms with Crippen LogP contribution in [0.25, 0.3) is 0 Å². The van der Waals surface area contributed by atoms with Crippen molar-refractivity contribution in [3.8, 4) is 0 Å². The lowest BCUT2D eigenvalue weighted by molar-refractivity contribution is 0.0696. The Morgan fingerprint density at radius 2 is 1.36 bits per heavy atom. The van der Waals surface area contributed by atoms with Crippen molar-refractivity contribution < 1.29 is 27.0 Å². The van der Waals surface area contributed by atoms with Gasteiger partial charge in [0, 0.05) is 39.0 Å². The third-order valence-corrected chi connectivity index (χ3v) is 3.82. The van der Waals surface area contributed by atoms with Gasteiger partial charge in [0.1, 0.15) is 0 Å². The van der Waals surface area contributed by atoms with Crippen LogP contribution < -0.4 is 5.32 Å². The number of carboxylic acids is 1. The first-order chi connectivity index (χ1) is 15.3. The summed E-state index contributed by atoms with van der Waals surface area (Å²) in [7, 11) is 1.40. The topological polar surface area (TPSA) is 69.6 Å². The Morgan fingerprint density at radius 3 is 1.68 bits per heavy atom. The number of carboxylic acid groups (broad SMARTS) is 1. The molecular weight excluding hydrogens is 546 g/mol. The Hall–Kier alpha value is -1.20. The molecule has 0 spiro atoms. The fourth-order valence-corrected chi connectivity index (χ4v) is 2.03. The van der Waals surface area contributed by atoms with Crippen molar-refractivity contribution in [3.05, 3.63) is 66.8 Å². The van der Waals surface area contributed by atoms with Gasteiger partial charge < -0.3 is 15.3 Å². The van der Waals surface area contributed by atoms with Gasteiger partial charge in [-0.25, -0.2) is 4.79 Å². The molecule has 25 heavy (non-hydrogen) atoms. The Labute approximate surface area is 188 Å². The number of rotatable bonds is 2. The molecule has 136 valence electrons. The van der Waals surface area contributed by atoms with Gasteiger partial charge in [-0.05, 0) is 108 Å². The fraction of sp³-hybridized carbons (Fsp3) is 0.222. The molecule has 0 heterocycles. The van der Waals surface area contributed by atoms with E-state index in [1.54, 1.807) is 36.4 Å². The van der Waals surface area contributed by atoms with Gasteiger partial charge in [0.2, 0.25) is 0 Å². The summed E-state index contributed by atoms with van der Waals surface area (Å²) in [6, 6.07) is 12.7. The molecule has 2 rings (SSSR count). The van der Waals surface area contributed by atoms with Crippen LogP contribution in [0.3, 0.4) is 0 Å². The van der Waals surface area contributed by atoms with Crippen LogP contribution in [0.5, 0.6) is 0 Å². The second-order valence-corrected chi connectivity index (χ2v) is 6.70. The minimum atomic E-state index is -3.01. The third kappa shape index (κ3) is 10.4. The second-order valence-electron chi connectivity index (χ2n) is 4.21. The van der Waals surface area contributed by atoms with Gasteiger partial charge >= 0.3 is 5.97 Å². The molecule has 2 N–H and O–H groups in total. The fourth-order valence-electron chi connectivity index (χ4n) is 1.31. The highest BCUT2D eigenvalue weighted by Crippen LogP contribution is 2.08. The standard InChI is InChI=1S/C9H10INO.C7H5IO2.C2H7N/c1-11(2)9(12)7-3-5-8(10)6-4-7;8-6-3-1-5(2-4-6)7(9)10;1-3-2/h3-6H,1-2H3;1-4H,(H,9,10);3H,1-2H3/i1D3,2D3;;1D3. The molecule has 0 atom stereocenters. The van der Waals surface area contributed by atoms with E-state index in [9.17, 15) is 9.59 Å². The number of halogens is 2. The van der Waals surface area contributed by atoms with Gasteiger partial charge in [0.05, 0.1) is 5.56 Å². The lowest BCUT2D eigenvalue weighted by atomic mass is 10.2. The van der Waals surface area contributed by atoms with Crippen LogP contribution in [0.2, 0.25) is 0 Å². The molecule has 0 radical (unpaired) electrons. The summed E-state index contributed by atoms with van der Waals surface area (Å²) >= 11 is 4.15. The maximum Gasteiger partial charge on any atom is 0.335 e. The van der Waals surface area contributed by atoms with Crippen molar-refractivity contribution in [2.45, 2.75) is 0 Å². The summed E-state index contributed by atoms with van der Waals surface area (Å²) in [5.74, 6) is -1.91. The number of carbonyl (C=O) groups excluding carboxylic acids is 1. The average Bonchev–Trinajstić information content (AvgIpc) is 2.67. The third-order valence-electron chi connectivity index (χ3n) is 2.39. The molecule has 1 amide bonds. The van der Waals surface area contributed by atoms with E-state index in [0.717, 1.165) is 7.14 Å². The SMILES string of the molecule is O=C(O)c1ccc(I)cc1.[2H]C([2H])([2H])N(C(=O)c1ccc(I)cc1)C([2H])([2H])[2H].[2H]C([2H])([2H])NC. The van der Waals surface area contributed by atoms with E-state index in [0.29, 0.717) is 5.56 Å². The first-order valence-corrected chi connectivity index (χ1v) is 8.73. The van der Waals surface area contributed by atoms with Crippen LogP contribution in [0.15, 0.2) is 48.5 Å². The number of amides is 1. The number of carbonyl (C=O) groups is 2. The largest absolute Gasteiger partial charge is 0.478 e. The van der Waals surface area contributed by atoms with Gasteiger partial charge in [-0.2, -0.15) is 0 Å².